The Morgan fingerprint density at radius 3 is 2.70 bits per heavy atom. The second kappa shape index (κ2) is 8.16. The van der Waals surface area contributed by atoms with Gasteiger partial charge in [0.05, 0.1) is 5.02 Å². The molecule has 2 rings (SSSR count). The summed E-state index contributed by atoms with van der Waals surface area (Å²) in [7, 11) is -1.09. The number of benzene rings is 1. The minimum absolute atomic E-state index is 0.389. The quantitative estimate of drug-likeness (QED) is 0.332. The molecule has 0 atom stereocenters. The number of ether oxygens (including phenoxy) is 1. The van der Waals surface area contributed by atoms with Gasteiger partial charge in [-0.2, -0.15) is 0 Å². The Labute approximate surface area is 156 Å². The summed E-state index contributed by atoms with van der Waals surface area (Å²) in [4.78, 5) is 4.56. The maximum atomic E-state index is 6.36. The minimum Gasteiger partial charge on any atom is -0.359 e. The second-order valence-corrected chi connectivity index (χ2v) is 14.1. The van der Waals surface area contributed by atoms with E-state index in [2.05, 4.69) is 45.7 Å². The molecular weight excluding hydrogens is 414 g/mol. The first kappa shape index (κ1) is 19.0. The van der Waals surface area contributed by atoms with Crippen LogP contribution in [0.25, 0.3) is 11.4 Å². The van der Waals surface area contributed by atoms with Gasteiger partial charge in [0.1, 0.15) is 6.73 Å². The smallest absolute Gasteiger partial charge is 0.208 e. The molecular formula is C15H21BrClN3OSSi. The second-order valence-electron chi connectivity index (χ2n) is 6.39. The van der Waals surface area contributed by atoms with Crippen molar-refractivity contribution < 1.29 is 4.74 Å². The highest BCUT2D eigenvalue weighted by molar-refractivity contribution is 9.10. The summed E-state index contributed by atoms with van der Waals surface area (Å²) in [5, 5.41) is 5.84. The Hall–Kier alpha value is -0.343. The van der Waals surface area contributed by atoms with Gasteiger partial charge in [-0.05, 0) is 30.5 Å². The molecule has 8 heteroatoms. The van der Waals surface area contributed by atoms with Crippen LogP contribution in [0, 0.1) is 0 Å². The van der Waals surface area contributed by atoms with Gasteiger partial charge < -0.3 is 4.74 Å². The molecule has 0 amide bonds. The molecule has 1 aromatic heterocycles. The first-order chi connectivity index (χ1) is 10.8. The minimum atomic E-state index is -1.09. The molecule has 0 radical (unpaired) electrons. The first-order valence-electron chi connectivity index (χ1n) is 7.32. The summed E-state index contributed by atoms with van der Waals surface area (Å²) in [6, 6.07) is 6.89. The Balaban J connectivity index is 2.18. The predicted molar refractivity (Wildman–Crippen MR) is 104 cm³/mol. The normalized spacial score (nSPS) is 11.9. The third kappa shape index (κ3) is 5.60. The summed E-state index contributed by atoms with van der Waals surface area (Å²) in [5.41, 5.74) is 0.858. The van der Waals surface area contributed by atoms with E-state index in [1.165, 1.54) is 11.8 Å². The van der Waals surface area contributed by atoms with Crippen LogP contribution in [0.4, 0.5) is 0 Å². The van der Waals surface area contributed by atoms with Crippen molar-refractivity contribution in [3.63, 3.8) is 0 Å². The molecule has 4 nitrogen and oxygen atoms in total. The average molecular weight is 435 g/mol. The zero-order valence-corrected chi connectivity index (χ0v) is 17.9. The van der Waals surface area contributed by atoms with Crippen molar-refractivity contribution in [1.29, 1.82) is 0 Å². The van der Waals surface area contributed by atoms with Crippen molar-refractivity contribution in [2.24, 2.45) is 0 Å². The van der Waals surface area contributed by atoms with Gasteiger partial charge in [-0.15, -0.1) is 5.10 Å². The molecule has 1 aromatic carbocycles. The molecule has 0 saturated heterocycles. The standard InChI is InChI=1S/C15H21BrClN3OSSi/c1-22-15-18-14(12-6-5-11(16)9-13(12)17)20(19-15)10-21-7-8-23(2,3)4/h5-6,9H,7-8,10H2,1-4H3. The van der Waals surface area contributed by atoms with E-state index < -0.39 is 8.07 Å². The van der Waals surface area contributed by atoms with E-state index in [1.54, 1.807) is 4.68 Å². The average Bonchev–Trinajstić information content (AvgIpc) is 2.86. The molecule has 0 bridgehead atoms. The third-order valence-corrected chi connectivity index (χ3v) is 6.27. The van der Waals surface area contributed by atoms with E-state index in [4.69, 9.17) is 16.3 Å². The lowest BCUT2D eigenvalue weighted by molar-refractivity contribution is 0.0789. The maximum absolute atomic E-state index is 6.36. The van der Waals surface area contributed by atoms with Gasteiger partial charge in [-0.3, -0.25) is 0 Å². The van der Waals surface area contributed by atoms with Crippen LogP contribution in [0.1, 0.15) is 0 Å². The summed E-state index contributed by atoms with van der Waals surface area (Å²) in [6.07, 6.45) is 1.96. The SMILES string of the molecule is CSc1nc(-c2ccc(Br)cc2Cl)n(COCC[Si](C)(C)C)n1. The summed E-state index contributed by atoms with van der Waals surface area (Å²) < 4.78 is 8.53. The molecule has 0 spiro atoms. The zero-order chi connectivity index (χ0) is 17.0. The zero-order valence-electron chi connectivity index (χ0n) is 13.8. The molecule has 2 aromatic rings. The highest BCUT2D eigenvalue weighted by Crippen LogP contribution is 2.30. The van der Waals surface area contributed by atoms with E-state index >= 15 is 0 Å². The molecule has 0 aliphatic heterocycles. The fraction of sp³-hybridized carbons (Fsp3) is 0.467. The van der Waals surface area contributed by atoms with Gasteiger partial charge in [-0.25, -0.2) is 9.67 Å². The number of hydrogen-bond donors (Lipinski definition) is 0. The van der Waals surface area contributed by atoms with Crippen LogP contribution in [-0.2, 0) is 11.5 Å². The lowest BCUT2D eigenvalue weighted by Crippen LogP contribution is -2.22. The fourth-order valence-electron chi connectivity index (χ4n) is 1.90. The van der Waals surface area contributed by atoms with Crippen molar-refractivity contribution in [2.45, 2.75) is 37.6 Å². The van der Waals surface area contributed by atoms with E-state index in [9.17, 15) is 0 Å². The molecule has 1 heterocycles. The van der Waals surface area contributed by atoms with Crippen molar-refractivity contribution >= 4 is 47.4 Å². The van der Waals surface area contributed by atoms with Gasteiger partial charge in [0.15, 0.2) is 5.82 Å². The van der Waals surface area contributed by atoms with Gasteiger partial charge in [-0.1, -0.05) is 58.9 Å². The molecule has 0 saturated carbocycles. The van der Waals surface area contributed by atoms with Crippen molar-refractivity contribution in [3.8, 4) is 11.4 Å². The van der Waals surface area contributed by atoms with Crippen LogP contribution in [0.15, 0.2) is 27.8 Å². The van der Waals surface area contributed by atoms with Crippen LogP contribution in [0.5, 0.6) is 0 Å². The Bertz CT molecular complexity index is 675. The van der Waals surface area contributed by atoms with E-state index in [1.807, 2.05) is 24.5 Å². The topological polar surface area (TPSA) is 39.9 Å². The highest BCUT2D eigenvalue weighted by Gasteiger charge is 2.16. The molecule has 0 fully saturated rings. The predicted octanol–water partition coefficient (Wildman–Crippen LogP) is 5.40. The van der Waals surface area contributed by atoms with Gasteiger partial charge in [0.25, 0.3) is 0 Å². The molecule has 0 N–H and O–H groups in total. The van der Waals surface area contributed by atoms with E-state index in [-0.39, 0.29) is 0 Å². The monoisotopic (exact) mass is 433 g/mol. The van der Waals surface area contributed by atoms with Gasteiger partial charge in [0.2, 0.25) is 5.16 Å². The number of aromatic nitrogens is 3. The lowest BCUT2D eigenvalue weighted by atomic mass is 10.2. The summed E-state index contributed by atoms with van der Waals surface area (Å²) >= 11 is 11.3. The molecule has 126 valence electrons. The van der Waals surface area contributed by atoms with Crippen LogP contribution < -0.4 is 0 Å². The lowest BCUT2D eigenvalue weighted by Gasteiger charge is -2.15. The Morgan fingerprint density at radius 1 is 1.35 bits per heavy atom. The number of nitrogens with zero attached hydrogens (tertiary/aromatic N) is 3. The number of thioether (sulfide) groups is 1. The molecule has 23 heavy (non-hydrogen) atoms. The highest BCUT2D eigenvalue weighted by atomic mass is 79.9. The van der Waals surface area contributed by atoms with Gasteiger partial charge in [0, 0.05) is 24.7 Å². The Morgan fingerprint density at radius 2 is 2.09 bits per heavy atom. The number of halogens is 2. The third-order valence-electron chi connectivity index (χ3n) is 3.22. The van der Waals surface area contributed by atoms with Crippen LogP contribution in [0.2, 0.25) is 30.7 Å². The number of hydrogen-bond acceptors (Lipinski definition) is 4. The van der Waals surface area contributed by atoms with Crippen LogP contribution in [0.3, 0.4) is 0 Å². The largest absolute Gasteiger partial charge is 0.359 e. The summed E-state index contributed by atoms with van der Waals surface area (Å²) in [6.45, 7) is 8.15. The Kier molecular flexibility index (Phi) is 6.73. The van der Waals surface area contributed by atoms with Gasteiger partial charge >= 0.3 is 0 Å². The molecule has 0 aliphatic carbocycles. The van der Waals surface area contributed by atoms with Crippen molar-refractivity contribution in [3.05, 3.63) is 27.7 Å². The maximum Gasteiger partial charge on any atom is 0.208 e. The van der Waals surface area contributed by atoms with Crippen molar-refractivity contribution in [1.82, 2.24) is 14.8 Å². The summed E-state index contributed by atoms with van der Waals surface area (Å²) in [5.74, 6) is 0.736. The molecule has 0 unspecified atom stereocenters. The van der Waals surface area contributed by atoms with Crippen LogP contribution in [-0.4, -0.2) is 35.7 Å². The fourth-order valence-corrected chi connectivity index (χ4v) is 3.77. The van der Waals surface area contributed by atoms with Crippen molar-refractivity contribution in [2.75, 3.05) is 12.9 Å². The molecule has 0 aliphatic rings. The number of rotatable bonds is 7. The van der Waals surface area contributed by atoms with Crippen LogP contribution >= 0.6 is 39.3 Å². The first-order valence-corrected chi connectivity index (χ1v) is 13.4. The van der Waals surface area contributed by atoms with E-state index in [0.29, 0.717) is 16.9 Å². The van der Waals surface area contributed by atoms with E-state index in [0.717, 1.165) is 28.5 Å².